The van der Waals surface area contributed by atoms with Gasteiger partial charge in [0.25, 0.3) is 0 Å². The van der Waals surface area contributed by atoms with Gasteiger partial charge in [0.1, 0.15) is 19.3 Å². The first-order valence-corrected chi connectivity index (χ1v) is 5.30. The number of aliphatic hydroxyl groups excluding tert-OH is 1. The second-order valence-corrected chi connectivity index (χ2v) is 3.65. The maximum absolute atomic E-state index is 8.79. The van der Waals surface area contributed by atoms with E-state index in [2.05, 4.69) is 4.99 Å². The molecule has 1 aromatic carbocycles. The Labute approximate surface area is 94.5 Å². The molecule has 1 heterocycles. The van der Waals surface area contributed by atoms with Crippen molar-refractivity contribution in [1.29, 1.82) is 0 Å². The molecule has 4 nitrogen and oxygen atoms in total. The molecule has 1 aromatic rings. The summed E-state index contributed by atoms with van der Waals surface area (Å²) in [6, 6.07) is 10.0. The first-order chi connectivity index (χ1) is 7.88. The summed E-state index contributed by atoms with van der Waals surface area (Å²) in [5, 5.41) is 8.79. The molecule has 1 aliphatic rings. The van der Waals surface area contributed by atoms with Crippen molar-refractivity contribution in [1.82, 2.24) is 0 Å². The van der Waals surface area contributed by atoms with Crippen LogP contribution in [0.3, 0.4) is 0 Å². The number of nitrogens with zero attached hydrogens (tertiary/aromatic N) is 1. The van der Waals surface area contributed by atoms with E-state index in [1.807, 2.05) is 30.3 Å². The molecule has 1 atom stereocenters. The van der Waals surface area contributed by atoms with E-state index in [0.29, 0.717) is 25.7 Å². The van der Waals surface area contributed by atoms with Gasteiger partial charge in [-0.05, 0) is 5.56 Å². The molecule has 4 heteroatoms. The summed E-state index contributed by atoms with van der Waals surface area (Å²) in [6.45, 7) is 1.49. The van der Waals surface area contributed by atoms with Gasteiger partial charge in [0.15, 0.2) is 0 Å². The number of rotatable bonds is 5. The summed E-state index contributed by atoms with van der Waals surface area (Å²) in [4.78, 5) is 4.16. The van der Waals surface area contributed by atoms with Crippen molar-refractivity contribution in [3.05, 3.63) is 35.9 Å². The minimum atomic E-state index is -0.130. The molecule has 0 spiro atoms. The highest BCUT2D eigenvalue weighted by Gasteiger charge is 2.17. The molecule has 86 valence electrons. The summed E-state index contributed by atoms with van der Waals surface area (Å²) in [7, 11) is 0. The van der Waals surface area contributed by atoms with Crippen molar-refractivity contribution < 1.29 is 14.6 Å². The molecule has 16 heavy (non-hydrogen) atoms. The summed E-state index contributed by atoms with van der Waals surface area (Å²) in [6.07, 6.45) is 0. The Bertz CT molecular complexity index is 351. The van der Waals surface area contributed by atoms with E-state index in [1.165, 1.54) is 0 Å². The molecule has 0 saturated heterocycles. The Morgan fingerprint density at radius 3 is 2.88 bits per heavy atom. The lowest BCUT2D eigenvalue weighted by Gasteiger charge is -2.06. The monoisotopic (exact) mass is 221 g/mol. The molecule has 0 bridgehead atoms. The minimum absolute atomic E-state index is 0.0193. The fourth-order valence-electron chi connectivity index (χ4n) is 1.53. The van der Waals surface area contributed by atoms with Crippen molar-refractivity contribution in [2.45, 2.75) is 12.6 Å². The van der Waals surface area contributed by atoms with Crippen molar-refractivity contribution >= 4 is 5.90 Å². The summed E-state index contributed by atoms with van der Waals surface area (Å²) in [5.74, 6) is 0.410. The van der Waals surface area contributed by atoms with Crippen molar-refractivity contribution in [3.63, 3.8) is 0 Å². The van der Waals surface area contributed by atoms with Crippen LogP contribution < -0.4 is 0 Å². The summed E-state index contributed by atoms with van der Waals surface area (Å²) in [5.41, 5.74) is 1.15. The molecule has 0 unspecified atom stereocenters. The molecule has 0 amide bonds. The van der Waals surface area contributed by atoms with Crippen molar-refractivity contribution in [2.75, 3.05) is 19.8 Å². The molecule has 1 aliphatic heterocycles. The van der Waals surface area contributed by atoms with E-state index >= 15 is 0 Å². The Morgan fingerprint density at radius 2 is 2.19 bits per heavy atom. The topological polar surface area (TPSA) is 51.1 Å². The summed E-state index contributed by atoms with van der Waals surface area (Å²) >= 11 is 0. The van der Waals surface area contributed by atoms with Gasteiger partial charge in [-0.15, -0.1) is 0 Å². The van der Waals surface area contributed by atoms with Crippen LogP contribution in [0, 0.1) is 0 Å². The zero-order valence-corrected chi connectivity index (χ0v) is 9.00. The van der Waals surface area contributed by atoms with E-state index in [0.717, 1.165) is 5.56 Å². The molecule has 2 rings (SSSR count). The number of aliphatic hydroxyl groups is 1. The lowest BCUT2D eigenvalue weighted by Crippen LogP contribution is -2.14. The summed E-state index contributed by atoms with van der Waals surface area (Å²) < 4.78 is 10.7. The van der Waals surface area contributed by atoms with Gasteiger partial charge in [-0.25, -0.2) is 4.99 Å². The molecular weight excluding hydrogens is 206 g/mol. The molecule has 0 aliphatic carbocycles. The number of benzene rings is 1. The first-order valence-electron chi connectivity index (χ1n) is 5.30. The van der Waals surface area contributed by atoms with Crippen LogP contribution in [-0.2, 0) is 16.1 Å². The van der Waals surface area contributed by atoms with Crippen LogP contribution in [0.25, 0.3) is 0 Å². The van der Waals surface area contributed by atoms with Crippen LogP contribution >= 0.6 is 0 Å². The van der Waals surface area contributed by atoms with Gasteiger partial charge >= 0.3 is 0 Å². The maximum atomic E-state index is 8.79. The van der Waals surface area contributed by atoms with Gasteiger partial charge in [0.2, 0.25) is 5.90 Å². The van der Waals surface area contributed by atoms with Crippen LogP contribution in [-0.4, -0.2) is 36.9 Å². The van der Waals surface area contributed by atoms with E-state index in [1.54, 1.807) is 0 Å². The largest absolute Gasteiger partial charge is 0.477 e. The SMILES string of the molecule is OCC1=N[C@H](COCc2ccccc2)CO1. The quantitative estimate of drug-likeness (QED) is 0.806. The molecular formula is C12H15NO3. The highest BCUT2D eigenvalue weighted by atomic mass is 16.5. The number of ether oxygens (including phenoxy) is 2. The van der Waals surface area contributed by atoms with Gasteiger partial charge in [-0.3, -0.25) is 0 Å². The number of hydrogen-bond donors (Lipinski definition) is 1. The predicted molar refractivity (Wildman–Crippen MR) is 60.4 cm³/mol. The minimum Gasteiger partial charge on any atom is -0.477 e. The molecule has 0 fully saturated rings. The highest BCUT2D eigenvalue weighted by Crippen LogP contribution is 2.07. The average Bonchev–Trinajstić information content (AvgIpc) is 2.78. The lowest BCUT2D eigenvalue weighted by molar-refractivity contribution is 0.100. The second-order valence-electron chi connectivity index (χ2n) is 3.65. The van der Waals surface area contributed by atoms with Gasteiger partial charge in [-0.1, -0.05) is 30.3 Å². The normalized spacial score (nSPS) is 19.3. The number of aliphatic imine (C=N–C) groups is 1. The lowest BCUT2D eigenvalue weighted by atomic mass is 10.2. The standard InChI is InChI=1S/C12H15NO3/c14-6-12-13-11(9-16-12)8-15-7-10-4-2-1-3-5-10/h1-5,11,14H,6-9H2/t11-/m1/s1. The zero-order valence-electron chi connectivity index (χ0n) is 9.00. The molecule has 1 N–H and O–H groups in total. The van der Waals surface area contributed by atoms with Crippen LogP contribution in [0.4, 0.5) is 0 Å². The molecule has 0 saturated carbocycles. The fourth-order valence-corrected chi connectivity index (χ4v) is 1.53. The van der Waals surface area contributed by atoms with E-state index < -0.39 is 0 Å². The van der Waals surface area contributed by atoms with Crippen molar-refractivity contribution in [3.8, 4) is 0 Å². The van der Waals surface area contributed by atoms with Gasteiger partial charge in [0.05, 0.1) is 13.2 Å². The Balaban J connectivity index is 1.71. The van der Waals surface area contributed by atoms with E-state index in [9.17, 15) is 0 Å². The Hall–Kier alpha value is -1.39. The Morgan fingerprint density at radius 1 is 1.38 bits per heavy atom. The predicted octanol–water partition coefficient (Wildman–Crippen LogP) is 0.993. The molecule has 0 aromatic heterocycles. The fraction of sp³-hybridized carbons (Fsp3) is 0.417. The third-order valence-electron chi connectivity index (χ3n) is 2.33. The van der Waals surface area contributed by atoms with Crippen LogP contribution in [0.5, 0.6) is 0 Å². The van der Waals surface area contributed by atoms with Crippen LogP contribution in [0.2, 0.25) is 0 Å². The van der Waals surface area contributed by atoms with Crippen molar-refractivity contribution in [2.24, 2.45) is 4.99 Å². The maximum Gasteiger partial charge on any atom is 0.210 e. The zero-order chi connectivity index (χ0) is 11.2. The Kier molecular flexibility index (Phi) is 3.91. The van der Waals surface area contributed by atoms with Crippen LogP contribution in [0.1, 0.15) is 5.56 Å². The third-order valence-corrected chi connectivity index (χ3v) is 2.33. The van der Waals surface area contributed by atoms with Crippen LogP contribution in [0.15, 0.2) is 35.3 Å². The average molecular weight is 221 g/mol. The number of hydrogen-bond acceptors (Lipinski definition) is 4. The third kappa shape index (κ3) is 3.05. The molecule has 0 radical (unpaired) electrons. The van der Waals surface area contributed by atoms with Gasteiger partial charge in [0, 0.05) is 0 Å². The smallest absolute Gasteiger partial charge is 0.210 e. The second kappa shape index (κ2) is 5.63. The first kappa shape index (κ1) is 11.1. The van der Waals surface area contributed by atoms with E-state index in [-0.39, 0.29) is 12.6 Å². The van der Waals surface area contributed by atoms with Gasteiger partial charge < -0.3 is 14.6 Å². The van der Waals surface area contributed by atoms with E-state index in [4.69, 9.17) is 14.6 Å². The van der Waals surface area contributed by atoms with Gasteiger partial charge in [-0.2, -0.15) is 0 Å². The highest BCUT2D eigenvalue weighted by molar-refractivity contribution is 5.78.